The Balaban J connectivity index is 1.94. The molecule has 0 spiro atoms. The SMILES string of the molecule is Cc1nc(CNC(=O)Nc2ccc(C(=O)O)cc2Cl)no1. The lowest BCUT2D eigenvalue weighted by molar-refractivity contribution is 0.0697. The molecule has 0 saturated heterocycles. The van der Waals surface area contributed by atoms with Gasteiger partial charge in [-0.3, -0.25) is 0 Å². The molecule has 0 aliphatic carbocycles. The van der Waals surface area contributed by atoms with Gasteiger partial charge in [0.25, 0.3) is 0 Å². The predicted molar refractivity (Wildman–Crippen MR) is 73.3 cm³/mol. The van der Waals surface area contributed by atoms with Crippen LogP contribution in [0.3, 0.4) is 0 Å². The normalized spacial score (nSPS) is 10.2. The minimum atomic E-state index is -1.10. The van der Waals surface area contributed by atoms with Crippen molar-refractivity contribution in [3.05, 3.63) is 40.5 Å². The molecule has 0 atom stereocenters. The lowest BCUT2D eigenvalue weighted by atomic mass is 10.2. The Bertz CT molecular complexity index is 686. The molecule has 0 aliphatic rings. The van der Waals surface area contributed by atoms with E-state index in [1.54, 1.807) is 6.92 Å². The number of nitrogens with zero attached hydrogens (tertiary/aromatic N) is 2. The lowest BCUT2D eigenvalue weighted by Crippen LogP contribution is -2.28. The fourth-order valence-corrected chi connectivity index (χ4v) is 1.72. The Labute approximate surface area is 124 Å². The molecule has 1 aromatic carbocycles. The quantitative estimate of drug-likeness (QED) is 0.795. The molecule has 21 heavy (non-hydrogen) atoms. The molecule has 2 aromatic rings. The number of urea groups is 1. The van der Waals surface area contributed by atoms with E-state index >= 15 is 0 Å². The summed E-state index contributed by atoms with van der Waals surface area (Å²) >= 11 is 5.89. The summed E-state index contributed by atoms with van der Waals surface area (Å²) in [6.07, 6.45) is 0. The fourth-order valence-electron chi connectivity index (χ4n) is 1.49. The van der Waals surface area contributed by atoms with Gasteiger partial charge in [-0.2, -0.15) is 4.98 Å². The second kappa shape index (κ2) is 6.23. The first-order valence-corrected chi connectivity index (χ1v) is 6.20. The zero-order chi connectivity index (χ0) is 15.4. The minimum Gasteiger partial charge on any atom is -0.478 e. The Kier molecular flexibility index (Phi) is 4.39. The zero-order valence-corrected chi connectivity index (χ0v) is 11.6. The standard InChI is InChI=1S/C12H11ClN4O4/c1-6-15-10(17-21-6)5-14-12(20)16-9-3-2-7(11(18)19)4-8(9)13/h2-4H,5H2,1H3,(H,18,19)(H2,14,16,20). The molecule has 0 saturated carbocycles. The molecule has 9 heteroatoms. The first-order valence-electron chi connectivity index (χ1n) is 5.82. The molecule has 0 fully saturated rings. The van der Waals surface area contributed by atoms with E-state index in [0.29, 0.717) is 17.4 Å². The van der Waals surface area contributed by atoms with Crippen molar-refractivity contribution in [1.82, 2.24) is 15.5 Å². The number of hydrogen-bond acceptors (Lipinski definition) is 5. The number of amides is 2. The molecule has 3 N–H and O–H groups in total. The summed E-state index contributed by atoms with van der Waals surface area (Å²) < 4.78 is 4.76. The van der Waals surface area contributed by atoms with Crippen molar-refractivity contribution in [2.24, 2.45) is 0 Å². The Morgan fingerprint density at radius 2 is 2.19 bits per heavy atom. The van der Waals surface area contributed by atoms with Crippen LogP contribution in [0.25, 0.3) is 0 Å². The average molecular weight is 311 g/mol. The Morgan fingerprint density at radius 1 is 1.43 bits per heavy atom. The van der Waals surface area contributed by atoms with Gasteiger partial charge in [0.2, 0.25) is 5.89 Å². The maximum Gasteiger partial charge on any atom is 0.335 e. The number of carbonyl (C=O) groups excluding carboxylic acids is 1. The Hall–Kier alpha value is -2.61. The summed E-state index contributed by atoms with van der Waals surface area (Å²) in [5, 5.41) is 17.6. The van der Waals surface area contributed by atoms with Crippen LogP contribution in [0.4, 0.5) is 10.5 Å². The van der Waals surface area contributed by atoms with Crippen LogP contribution >= 0.6 is 11.6 Å². The van der Waals surface area contributed by atoms with Gasteiger partial charge in [-0.05, 0) is 18.2 Å². The number of anilines is 1. The minimum absolute atomic E-state index is 0.0354. The van der Waals surface area contributed by atoms with E-state index in [1.807, 2.05) is 0 Å². The molecule has 1 aromatic heterocycles. The third kappa shape index (κ3) is 3.93. The summed E-state index contributed by atoms with van der Waals surface area (Å²) in [7, 11) is 0. The predicted octanol–water partition coefficient (Wildman–Crippen LogP) is 2.05. The van der Waals surface area contributed by atoms with Crippen LogP contribution < -0.4 is 10.6 Å². The first-order chi connectivity index (χ1) is 9.95. The highest BCUT2D eigenvalue weighted by Gasteiger charge is 2.10. The number of carbonyl (C=O) groups is 2. The fraction of sp³-hybridized carbons (Fsp3) is 0.167. The largest absolute Gasteiger partial charge is 0.478 e. The van der Waals surface area contributed by atoms with Gasteiger partial charge >= 0.3 is 12.0 Å². The average Bonchev–Trinajstić information content (AvgIpc) is 2.84. The number of carboxylic acid groups (broad SMARTS) is 1. The zero-order valence-electron chi connectivity index (χ0n) is 10.9. The molecular formula is C12H11ClN4O4. The molecule has 0 radical (unpaired) electrons. The van der Waals surface area contributed by atoms with Crippen molar-refractivity contribution in [2.45, 2.75) is 13.5 Å². The summed E-state index contributed by atoms with van der Waals surface area (Å²) in [5.41, 5.74) is 0.330. The number of hydrogen-bond donors (Lipinski definition) is 3. The van der Waals surface area contributed by atoms with Gasteiger partial charge in [-0.25, -0.2) is 9.59 Å². The van der Waals surface area contributed by atoms with Gasteiger partial charge < -0.3 is 20.3 Å². The highest BCUT2D eigenvalue weighted by Crippen LogP contribution is 2.22. The number of carboxylic acids is 1. The summed E-state index contributed by atoms with van der Waals surface area (Å²) in [6.45, 7) is 1.73. The van der Waals surface area contributed by atoms with Gasteiger partial charge in [-0.15, -0.1) is 0 Å². The van der Waals surface area contributed by atoms with Gasteiger partial charge in [0.15, 0.2) is 5.82 Å². The van der Waals surface area contributed by atoms with Crippen molar-refractivity contribution in [1.29, 1.82) is 0 Å². The summed E-state index contributed by atoms with van der Waals surface area (Å²) in [4.78, 5) is 26.4. The number of aromatic nitrogens is 2. The van der Waals surface area contributed by atoms with Crippen molar-refractivity contribution in [3.8, 4) is 0 Å². The number of benzene rings is 1. The van der Waals surface area contributed by atoms with Crippen LogP contribution in [0.15, 0.2) is 22.7 Å². The lowest BCUT2D eigenvalue weighted by Gasteiger charge is -2.08. The third-order valence-electron chi connectivity index (χ3n) is 2.44. The molecule has 2 amide bonds. The monoisotopic (exact) mass is 310 g/mol. The molecule has 0 bridgehead atoms. The van der Waals surface area contributed by atoms with E-state index in [2.05, 4.69) is 20.8 Å². The number of nitrogens with one attached hydrogen (secondary N) is 2. The van der Waals surface area contributed by atoms with Crippen LogP contribution in [-0.2, 0) is 6.54 Å². The van der Waals surface area contributed by atoms with Gasteiger partial charge in [-0.1, -0.05) is 16.8 Å². The summed E-state index contributed by atoms with van der Waals surface area (Å²) in [5.74, 6) is -0.352. The van der Waals surface area contributed by atoms with Gasteiger partial charge in [0.1, 0.15) is 0 Å². The molecule has 0 unspecified atom stereocenters. The third-order valence-corrected chi connectivity index (χ3v) is 2.75. The smallest absolute Gasteiger partial charge is 0.335 e. The second-order valence-corrected chi connectivity index (χ2v) is 4.44. The van der Waals surface area contributed by atoms with E-state index in [9.17, 15) is 9.59 Å². The van der Waals surface area contributed by atoms with E-state index in [1.165, 1.54) is 18.2 Å². The van der Waals surface area contributed by atoms with Crippen LogP contribution in [0, 0.1) is 6.92 Å². The van der Waals surface area contributed by atoms with Gasteiger partial charge in [0, 0.05) is 6.92 Å². The van der Waals surface area contributed by atoms with E-state index in [0.717, 1.165) is 0 Å². The molecular weight excluding hydrogens is 300 g/mol. The molecule has 1 heterocycles. The van der Waals surface area contributed by atoms with Crippen LogP contribution in [0.1, 0.15) is 22.1 Å². The molecule has 110 valence electrons. The van der Waals surface area contributed by atoms with Gasteiger partial charge in [0.05, 0.1) is 22.8 Å². The highest BCUT2D eigenvalue weighted by molar-refractivity contribution is 6.34. The number of aromatic carboxylic acids is 1. The Morgan fingerprint density at radius 3 is 2.76 bits per heavy atom. The van der Waals surface area contributed by atoms with Crippen LogP contribution in [0.2, 0.25) is 5.02 Å². The topological polar surface area (TPSA) is 117 Å². The van der Waals surface area contributed by atoms with E-state index in [4.69, 9.17) is 21.2 Å². The molecule has 2 rings (SSSR count). The molecule has 8 nitrogen and oxygen atoms in total. The first kappa shape index (κ1) is 14.8. The summed E-state index contributed by atoms with van der Waals surface area (Å²) in [6, 6.07) is 3.47. The number of halogens is 1. The maximum absolute atomic E-state index is 11.7. The van der Waals surface area contributed by atoms with E-state index < -0.39 is 12.0 Å². The van der Waals surface area contributed by atoms with Crippen molar-refractivity contribution in [3.63, 3.8) is 0 Å². The van der Waals surface area contributed by atoms with Crippen molar-refractivity contribution >= 4 is 29.3 Å². The van der Waals surface area contributed by atoms with Crippen LogP contribution in [0.5, 0.6) is 0 Å². The number of aryl methyl sites for hydroxylation is 1. The van der Waals surface area contributed by atoms with Crippen molar-refractivity contribution < 1.29 is 19.2 Å². The van der Waals surface area contributed by atoms with Crippen LogP contribution in [-0.4, -0.2) is 27.2 Å². The molecule has 0 aliphatic heterocycles. The number of rotatable bonds is 4. The second-order valence-electron chi connectivity index (χ2n) is 4.04. The van der Waals surface area contributed by atoms with Crippen molar-refractivity contribution in [2.75, 3.05) is 5.32 Å². The highest BCUT2D eigenvalue weighted by atomic mass is 35.5. The maximum atomic E-state index is 11.7. The van der Waals surface area contributed by atoms with E-state index in [-0.39, 0.29) is 17.1 Å².